The molecule has 4 rings (SSSR count). The first kappa shape index (κ1) is 20.5. The summed E-state index contributed by atoms with van der Waals surface area (Å²) in [5, 5.41) is 5.59. The molecule has 1 heterocycles. The minimum atomic E-state index is -3.69. The van der Waals surface area contributed by atoms with E-state index in [-0.39, 0.29) is 35.4 Å². The zero-order chi connectivity index (χ0) is 21.1. The molecule has 2 aromatic rings. The Hall–Kier alpha value is -2.75. The van der Waals surface area contributed by atoms with Crippen LogP contribution in [-0.4, -0.2) is 50.8 Å². The van der Waals surface area contributed by atoms with Crippen LogP contribution in [0.5, 0.6) is 0 Å². The molecule has 8 nitrogen and oxygen atoms in total. The van der Waals surface area contributed by atoms with Gasteiger partial charge in [0.25, 0.3) is 5.91 Å². The average molecular weight is 429 g/mol. The molecule has 0 atom stereocenters. The number of hydrogen-bond acceptors (Lipinski definition) is 5. The normalized spacial score (nSPS) is 17.3. The lowest BCUT2D eigenvalue weighted by Crippen LogP contribution is -2.40. The van der Waals surface area contributed by atoms with Gasteiger partial charge in [0.2, 0.25) is 15.9 Å². The first-order valence-electron chi connectivity index (χ1n) is 9.84. The molecule has 2 amide bonds. The fraction of sp³-hybridized carbons (Fsp3) is 0.333. The number of carbonyl (C=O) groups is 2. The second-order valence-corrected chi connectivity index (χ2v) is 9.28. The standard InChI is InChI=1S/C21H23N3O5S/c25-20(15-7-8-15)22-17-4-2-5-18(14-17)23-21(26)16-3-1-6-19(13-16)30(27,28)24-9-11-29-12-10-24/h1-6,13-15H,7-12H2,(H,22,25)(H,23,26). The molecule has 0 bridgehead atoms. The molecule has 2 fully saturated rings. The molecule has 2 N–H and O–H groups in total. The van der Waals surface area contributed by atoms with Crippen LogP contribution < -0.4 is 10.6 Å². The van der Waals surface area contributed by atoms with Crippen molar-refractivity contribution in [2.45, 2.75) is 17.7 Å². The van der Waals surface area contributed by atoms with Crippen LogP contribution in [0.15, 0.2) is 53.4 Å². The van der Waals surface area contributed by atoms with Gasteiger partial charge >= 0.3 is 0 Å². The zero-order valence-electron chi connectivity index (χ0n) is 16.3. The highest BCUT2D eigenvalue weighted by Crippen LogP contribution is 2.30. The molecule has 158 valence electrons. The van der Waals surface area contributed by atoms with Gasteiger partial charge in [0.05, 0.1) is 18.1 Å². The van der Waals surface area contributed by atoms with Gasteiger partial charge in [0.1, 0.15) is 0 Å². The van der Waals surface area contributed by atoms with Crippen LogP contribution >= 0.6 is 0 Å². The molecule has 1 saturated carbocycles. The summed E-state index contributed by atoms with van der Waals surface area (Å²) >= 11 is 0. The van der Waals surface area contributed by atoms with Crippen LogP contribution in [0.25, 0.3) is 0 Å². The molecule has 0 spiro atoms. The van der Waals surface area contributed by atoms with E-state index in [1.165, 1.54) is 16.4 Å². The minimum absolute atomic E-state index is 0.0144. The Morgan fingerprint density at radius 1 is 0.933 bits per heavy atom. The number of hydrogen-bond donors (Lipinski definition) is 2. The Bertz CT molecular complexity index is 1060. The SMILES string of the molecule is O=C(Nc1cccc(NC(=O)C2CC2)c1)c1cccc(S(=O)(=O)N2CCOCC2)c1. The number of nitrogens with zero attached hydrogens (tertiary/aromatic N) is 1. The highest BCUT2D eigenvalue weighted by molar-refractivity contribution is 7.89. The van der Waals surface area contributed by atoms with Crippen molar-refractivity contribution in [2.24, 2.45) is 5.92 Å². The first-order valence-corrected chi connectivity index (χ1v) is 11.3. The fourth-order valence-electron chi connectivity index (χ4n) is 3.20. The number of anilines is 2. The minimum Gasteiger partial charge on any atom is -0.379 e. The van der Waals surface area contributed by atoms with E-state index >= 15 is 0 Å². The summed E-state index contributed by atoms with van der Waals surface area (Å²) in [5.74, 6) is -0.362. The molecule has 0 aromatic heterocycles. The fourth-order valence-corrected chi connectivity index (χ4v) is 4.66. The summed E-state index contributed by atoms with van der Waals surface area (Å²) in [6, 6.07) is 12.8. The van der Waals surface area contributed by atoms with E-state index in [0.29, 0.717) is 24.6 Å². The number of carbonyl (C=O) groups excluding carboxylic acids is 2. The van der Waals surface area contributed by atoms with Crippen molar-refractivity contribution in [3.05, 3.63) is 54.1 Å². The summed E-state index contributed by atoms with van der Waals surface area (Å²) in [4.78, 5) is 24.7. The maximum Gasteiger partial charge on any atom is 0.255 e. The molecular weight excluding hydrogens is 406 g/mol. The summed E-state index contributed by atoms with van der Waals surface area (Å²) in [5.41, 5.74) is 1.35. The third-order valence-corrected chi connectivity index (χ3v) is 6.93. The molecule has 30 heavy (non-hydrogen) atoms. The average Bonchev–Trinajstić information content (AvgIpc) is 3.60. The van der Waals surface area contributed by atoms with Gasteiger partial charge in [-0.05, 0) is 49.2 Å². The van der Waals surface area contributed by atoms with E-state index in [2.05, 4.69) is 10.6 Å². The maximum absolute atomic E-state index is 12.8. The topological polar surface area (TPSA) is 105 Å². The lowest BCUT2D eigenvalue weighted by molar-refractivity contribution is -0.117. The van der Waals surface area contributed by atoms with Crippen molar-refractivity contribution in [1.82, 2.24) is 4.31 Å². The summed E-state index contributed by atoms with van der Waals surface area (Å²) in [6.45, 7) is 1.29. The Labute approximate surface area is 175 Å². The van der Waals surface area contributed by atoms with Gasteiger partial charge in [-0.25, -0.2) is 8.42 Å². The monoisotopic (exact) mass is 429 g/mol. The van der Waals surface area contributed by atoms with Crippen LogP contribution in [0.2, 0.25) is 0 Å². The highest BCUT2D eigenvalue weighted by Gasteiger charge is 2.29. The molecular formula is C21H23N3O5S. The Balaban J connectivity index is 1.47. The Morgan fingerprint density at radius 2 is 1.60 bits per heavy atom. The molecule has 2 aliphatic rings. The Kier molecular flexibility index (Phi) is 5.85. The molecule has 1 saturated heterocycles. The number of sulfonamides is 1. The second-order valence-electron chi connectivity index (χ2n) is 7.34. The predicted octanol–water partition coefficient (Wildman–Crippen LogP) is 2.31. The van der Waals surface area contributed by atoms with Crippen LogP contribution in [0.1, 0.15) is 23.2 Å². The van der Waals surface area contributed by atoms with E-state index in [4.69, 9.17) is 4.74 Å². The van der Waals surface area contributed by atoms with Gasteiger partial charge in [0.15, 0.2) is 0 Å². The summed E-state index contributed by atoms with van der Waals surface area (Å²) < 4.78 is 32.2. The van der Waals surface area contributed by atoms with E-state index in [9.17, 15) is 18.0 Å². The molecule has 1 aliphatic heterocycles. The zero-order valence-corrected chi connectivity index (χ0v) is 17.2. The summed E-state index contributed by atoms with van der Waals surface area (Å²) in [7, 11) is -3.69. The van der Waals surface area contributed by atoms with Gasteiger partial charge in [0, 0.05) is 35.9 Å². The van der Waals surface area contributed by atoms with E-state index < -0.39 is 15.9 Å². The van der Waals surface area contributed by atoms with Gasteiger partial charge in [-0.1, -0.05) is 12.1 Å². The maximum atomic E-state index is 12.8. The van der Waals surface area contributed by atoms with Crippen LogP contribution in [0.4, 0.5) is 11.4 Å². The second kappa shape index (κ2) is 8.55. The number of ether oxygens (including phenoxy) is 1. The van der Waals surface area contributed by atoms with Gasteiger partial charge in [-0.3, -0.25) is 9.59 Å². The van der Waals surface area contributed by atoms with Gasteiger partial charge in [-0.2, -0.15) is 4.31 Å². The quantitative estimate of drug-likeness (QED) is 0.733. The van der Waals surface area contributed by atoms with E-state index in [1.54, 1.807) is 36.4 Å². The number of benzene rings is 2. The first-order chi connectivity index (χ1) is 14.4. The molecule has 0 radical (unpaired) electrons. The smallest absolute Gasteiger partial charge is 0.255 e. The van der Waals surface area contributed by atoms with Crippen molar-refractivity contribution < 1.29 is 22.7 Å². The number of amides is 2. The largest absolute Gasteiger partial charge is 0.379 e. The third-order valence-electron chi connectivity index (χ3n) is 5.04. The van der Waals surface area contributed by atoms with E-state index in [1.807, 2.05) is 0 Å². The third kappa shape index (κ3) is 4.69. The number of nitrogens with one attached hydrogen (secondary N) is 2. The summed E-state index contributed by atoms with van der Waals surface area (Å²) in [6.07, 6.45) is 1.82. The lowest BCUT2D eigenvalue weighted by Gasteiger charge is -2.26. The molecule has 0 unspecified atom stereocenters. The van der Waals surface area contributed by atoms with Crippen LogP contribution in [0, 0.1) is 5.92 Å². The van der Waals surface area contributed by atoms with Gasteiger partial charge in [-0.15, -0.1) is 0 Å². The lowest BCUT2D eigenvalue weighted by atomic mass is 10.2. The predicted molar refractivity (Wildman–Crippen MR) is 112 cm³/mol. The molecule has 9 heteroatoms. The molecule has 2 aromatic carbocycles. The van der Waals surface area contributed by atoms with Crippen LogP contribution in [-0.2, 0) is 19.6 Å². The van der Waals surface area contributed by atoms with Crippen LogP contribution in [0.3, 0.4) is 0 Å². The highest BCUT2D eigenvalue weighted by atomic mass is 32.2. The van der Waals surface area contributed by atoms with Crippen molar-refractivity contribution in [1.29, 1.82) is 0 Å². The van der Waals surface area contributed by atoms with Crippen molar-refractivity contribution in [2.75, 3.05) is 36.9 Å². The van der Waals surface area contributed by atoms with Gasteiger partial charge < -0.3 is 15.4 Å². The number of morpholine rings is 1. The van der Waals surface area contributed by atoms with E-state index in [0.717, 1.165) is 12.8 Å². The van der Waals surface area contributed by atoms with Crippen molar-refractivity contribution in [3.63, 3.8) is 0 Å². The molecule has 1 aliphatic carbocycles. The Morgan fingerprint density at radius 3 is 2.30 bits per heavy atom. The van der Waals surface area contributed by atoms with Crippen molar-refractivity contribution >= 4 is 33.2 Å². The number of rotatable bonds is 6. The van der Waals surface area contributed by atoms with Crippen molar-refractivity contribution in [3.8, 4) is 0 Å².